The largest absolute Gasteiger partial charge is 0.356 e. The van der Waals surface area contributed by atoms with E-state index in [1.54, 1.807) is 12.1 Å². The van der Waals surface area contributed by atoms with Crippen LogP contribution in [0.15, 0.2) is 34.2 Å². The summed E-state index contributed by atoms with van der Waals surface area (Å²) in [5.74, 6) is 2.76. The molecule has 1 N–H and O–H groups in total. The molecule has 1 heterocycles. The van der Waals surface area contributed by atoms with Crippen LogP contribution < -0.4 is 5.32 Å². The van der Waals surface area contributed by atoms with Crippen LogP contribution in [0.4, 0.5) is 0 Å². The highest BCUT2D eigenvalue weighted by molar-refractivity contribution is 8.00. The second-order valence-corrected chi connectivity index (χ2v) is 10.1. The number of hydrogen-bond acceptors (Lipinski definition) is 4. The molecule has 1 aromatic rings. The lowest BCUT2D eigenvalue weighted by Gasteiger charge is -2.36. The van der Waals surface area contributed by atoms with E-state index in [-0.39, 0.29) is 0 Å². The number of nitrogens with one attached hydrogen (secondary N) is 1. The minimum absolute atomic E-state index is 0.366. The number of nitrogens with zero attached hydrogens (tertiary/aromatic N) is 2. The van der Waals surface area contributed by atoms with Crippen molar-refractivity contribution >= 4 is 27.6 Å². The van der Waals surface area contributed by atoms with Gasteiger partial charge in [0, 0.05) is 43.9 Å². The first-order valence-electron chi connectivity index (χ1n) is 8.67. The quantitative estimate of drug-likeness (QED) is 0.624. The summed E-state index contributed by atoms with van der Waals surface area (Å²) in [4.78, 5) is 7.13. The molecular formula is C18H29N3O2S2. The van der Waals surface area contributed by atoms with Gasteiger partial charge in [0.05, 0.1) is 4.90 Å². The molecule has 2 rings (SSSR count). The van der Waals surface area contributed by atoms with E-state index >= 15 is 0 Å². The maximum Gasteiger partial charge on any atom is 0.193 e. The molecule has 1 aliphatic heterocycles. The summed E-state index contributed by atoms with van der Waals surface area (Å²) in [5, 5.41) is 4.09. The highest BCUT2D eigenvalue weighted by atomic mass is 32.2. The van der Waals surface area contributed by atoms with E-state index in [0.717, 1.165) is 43.3 Å². The van der Waals surface area contributed by atoms with Crippen LogP contribution in [0.3, 0.4) is 0 Å². The lowest BCUT2D eigenvalue weighted by atomic mass is 10.1. The smallest absolute Gasteiger partial charge is 0.193 e. The maximum absolute atomic E-state index is 11.5. The molecule has 0 bridgehead atoms. The van der Waals surface area contributed by atoms with Gasteiger partial charge in [-0.2, -0.15) is 11.8 Å². The first kappa shape index (κ1) is 20.1. The van der Waals surface area contributed by atoms with Crippen molar-refractivity contribution in [2.75, 3.05) is 38.7 Å². The molecule has 0 aliphatic carbocycles. The highest BCUT2D eigenvalue weighted by Crippen LogP contribution is 2.24. The Hall–Kier alpha value is -1.21. The fraction of sp³-hybridized carbons (Fsp3) is 0.611. The van der Waals surface area contributed by atoms with Crippen LogP contribution in [0.2, 0.25) is 0 Å². The van der Waals surface area contributed by atoms with E-state index in [0.29, 0.717) is 16.1 Å². The molecule has 0 radical (unpaired) electrons. The predicted molar refractivity (Wildman–Crippen MR) is 107 cm³/mol. The lowest BCUT2D eigenvalue weighted by Crippen LogP contribution is -2.49. The van der Waals surface area contributed by atoms with E-state index in [4.69, 9.17) is 0 Å². The maximum atomic E-state index is 11.5. The molecule has 0 amide bonds. The van der Waals surface area contributed by atoms with E-state index in [1.807, 2.05) is 19.2 Å². The Kier molecular flexibility index (Phi) is 7.19. The highest BCUT2D eigenvalue weighted by Gasteiger charge is 2.24. The fourth-order valence-corrected chi connectivity index (χ4v) is 4.75. The zero-order valence-corrected chi connectivity index (χ0v) is 17.2. The average Bonchev–Trinajstić information content (AvgIpc) is 2.58. The topological polar surface area (TPSA) is 61.8 Å². The Labute approximate surface area is 156 Å². The molecule has 1 atom stereocenters. The average molecular weight is 384 g/mol. The summed E-state index contributed by atoms with van der Waals surface area (Å²) in [5.41, 5.74) is 1.12. The number of benzene rings is 1. The number of guanidine groups is 1. The summed E-state index contributed by atoms with van der Waals surface area (Å²) in [6, 6.07) is 7.11. The standard InChI is InChI=1S/C18H29N3O2S2/c1-14(2)17-13-21(11-12-24-17)18(19-3)20-10-9-15-5-7-16(8-6-15)25(4,22)23/h5-8,14,17H,9-13H2,1-4H3,(H,19,20). The molecule has 0 spiro atoms. The lowest BCUT2D eigenvalue weighted by molar-refractivity contribution is 0.381. The van der Waals surface area contributed by atoms with Gasteiger partial charge in [0.2, 0.25) is 0 Å². The normalized spacial score (nSPS) is 19.3. The molecule has 1 aromatic carbocycles. The zero-order chi connectivity index (χ0) is 18.4. The van der Waals surface area contributed by atoms with E-state index in [2.05, 4.69) is 40.8 Å². The molecule has 1 aliphatic rings. The van der Waals surface area contributed by atoms with Gasteiger partial charge in [0.1, 0.15) is 0 Å². The molecule has 5 nitrogen and oxygen atoms in total. The first-order valence-corrected chi connectivity index (χ1v) is 11.6. The van der Waals surface area contributed by atoms with Crippen LogP contribution in [0.1, 0.15) is 19.4 Å². The van der Waals surface area contributed by atoms with Crippen molar-refractivity contribution in [3.8, 4) is 0 Å². The number of thioether (sulfide) groups is 1. The van der Waals surface area contributed by atoms with Crippen molar-refractivity contribution in [2.45, 2.75) is 30.4 Å². The van der Waals surface area contributed by atoms with Crippen molar-refractivity contribution < 1.29 is 8.42 Å². The second-order valence-electron chi connectivity index (χ2n) is 6.74. The number of hydrogen-bond donors (Lipinski definition) is 1. The van der Waals surface area contributed by atoms with Crippen molar-refractivity contribution in [1.29, 1.82) is 0 Å². The molecule has 1 saturated heterocycles. The van der Waals surface area contributed by atoms with Gasteiger partial charge in [0.25, 0.3) is 0 Å². The molecule has 1 fully saturated rings. The van der Waals surface area contributed by atoms with Gasteiger partial charge in [-0.1, -0.05) is 26.0 Å². The molecule has 0 saturated carbocycles. The Morgan fingerprint density at radius 2 is 2.04 bits per heavy atom. The van der Waals surface area contributed by atoms with Gasteiger partial charge in [-0.05, 0) is 30.0 Å². The number of rotatable bonds is 5. The molecule has 1 unspecified atom stereocenters. The van der Waals surface area contributed by atoms with Gasteiger partial charge < -0.3 is 10.2 Å². The summed E-state index contributed by atoms with van der Waals surface area (Å²) in [7, 11) is -1.30. The van der Waals surface area contributed by atoms with Crippen molar-refractivity contribution in [1.82, 2.24) is 10.2 Å². The Balaban J connectivity index is 1.87. The van der Waals surface area contributed by atoms with Crippen LogP contribution >= 0.6 is 11.8 Å². The van der Waals surface area contributed by atoms with Gasteiger partial charge in [0.15, 0.2) is 15.8 Å². The van der Waals surface area contributed by atoms with E-state index in [1.165, 1.54) is 6.26 Å². The SMILES string of the molecule is CN=C(NCCc1ccc(S(C)(=O)=O)cc1)N1CCSC(C(C)C)C1. The molecular weight excluding hydrogens is 354 g/mol. The molecule has 0 aromatic heterocycles. The molecule has 25 heavy (non-hydrogen) atoms. The van der Waals surface area contributed by atoms with Crippen LogP contribution in [0, 0.1) is 5.92 Å². The van der Waals surface area contributed by atoms with Crippen molar-refractivity contribution in [2.24, 2.45) is 10.9 Å². The molecule has 140 valence electrons. The van der Waals surface area contributed by atoms with E-state index in [9.17, 15) is 8.42 Å². The summed E-state index contributed by atoms with van der Waals surface area (Å²) < 4.78 is 23.0. The van der Waals surface area contributed by atoms with Crippen LogP contribution in [0.5, 0.6) is 0 Å². The van der Waals surface area contributed by atoms with Gasteiger partial charge >= 0.3 is 0 Å². The Morgan fingerprint density at radius 1 is 1.36 bits per heavy atom. The second kappa shape index (κ2) is 8.94. The first-order chi connectivity index (χ1) is 11.8. The minimum Gasteiger partial charge on any atom is -0.356 e. The fourth-order valence-electron chi connectivity index (χ4n) is 2.83. The third kappa shape index (κ3) is 5.92. The van der Waals surface area contributed by atoms with Gasteiger partial charge in [-0.25, -0.2) is 8.42 Å². The zero-order valence-electron chi connectivity index (χ0n) is 15.5. The molecule has 7 heteroatoms. The Morgan fingerprint density at radius 3 is 2.60 bits per heavy atom. The third-order valence-corrected chi connectivity index (χ3v) is 7.06. The Bertz CT molecular complexity index is 685. The summed E-state index contributed by atoms with van der Waals surface area (Å²) in [6.45, 7) is 7.39. The van der Waals surface area contributed by atoms with Crippen LogP contribution in [-0.2, 0) is 16.3 Å². The predicted octanol–water partition coefficient (Wildman–Crippen LogP) is 2.28. The number of aliphatic imine (C=N–C) groups is 1. The van der Waals surface area contributed by atoms with E-state index < -0.39 is 9.84 Å². The summed E-state index contributed by atoms with van der Waals surface area (Å²) in [6.07, 6.45) is 2.06. The third-order valence-electron chi connectivity index (χ3n) is 4.40. The summed E-state index contributed by atoms with van der Waals surface area (Å²) >= 11 is 2.05. The van der Waals surface area contributed by atoms with Crippen molar-refractivity contribution in [3.05, 3.63) is 29.8 Å². The minimum atomic E-state index is -3.13. The van der Waals surface area contributed by atoms with Crippen molar-refractivity contribution in [3.63, 3.8) is 0 Å². The monoisotopic (exact) mass is 383 g/mol. The van der Waals surface area contributed by atoms with Gasteiger partial charge in [-0.15, -0.1) is 0 Å². The van der Waals surface area contributed by atoms with Gasteiger partial charge in [-0.3, -0.25) is 4.99 Å². The number of sulfone groups is 1. The van der Waals surface area contributed by atoms with Crippen LogP contribution in [-0.4, -0.2) is 63.2 Å². The van der Waals surface area contributed by atoms with Crippen LogP contribution in [0.25, 0.3) is 0 Å².